The number of likely N-dealkylation sites (tertiary alicyclic amines) is 1. The molecule has 1 aromatic carbocycles. The highest BCUT2D eigenvalue weighted by Crippen LogP contribution is 2.38. The van der Waals surface area contributed by atoms with Gasteiger partial charge in [-0.15, -0.1) is 0 Å². The molecule has 130 valence electrons. The van der Waals surface area contributed by atoms with Gasteiger partial charge in [0.1, 0.15) is 19.5 Å². The van der Waals surface area contributed by atoms with Gasteiger partial charge in [0.15, 0.2) is 17.3 Å². The minimum atomic E-state index is -1.12. The Kier molecular flexibility index (Phi) is 3.83. The molecule has 7 nitrogen and oxygen atoms in total. The fraction of sp³-hybridized carbons (Fsp3) is 0.333. The van der Waals surface area contributed by atoms with Gasteiger partial charge in [-0.3, -0.25) is 4.79 Å². The summed E-state index contributed by atoms with van der Waals surface area (Å²) in [5.74, 6) is 0.0246. The van der Waals surface area contributed by atoms with Gasteiger partial charge in [-0.2, -0.15) is 0 Å². The number of carbonyl (C=O) groups excluding carboxylic acids is 1. The number of fused-ring (bicyclic) bond motifs is 1. The molecule has 1 N–H and O–H groups in total. The van der Waals surface area contributed by atoms with Crippen molar-refractivity contribution in [2.75, 3.05) is 19.8 Å². The fourth-order valence-corrected chi connectivity index (χ4v) is 3.33. The second-order valence-corrected chi connectivity index (χ2v) is 6.06. The smallest absolute Gasteiger partial charge is 0.338 e. The van der Waals surface area contributed by atoms with Crippen LogP contribution in [0.3, 0.4) is 0 Å². The van der Waals surface area contributed by atoms with E-state index in [4.69, 9.17) is 19.0 Å². The highest BCUT2D eigenvalue weighted by Gasteiger charge is 2.33. The van der Waals surface area contributed by atoms with Crippen molar-refractivity contribution in [1.82, 2.24) is 4.90 Å². The molecule has 4 rings (SSSR count). The number of hydrogen-bond donors (Lipinski definition) is 1. The first kappa shape index (κ1) is 15.6. The van der Waals surface area contributed by atoms with Crippen LogP contribution in [0.5, 0.6) is 11.5 Å². The van der Waals surface area contributed by atoms with Crippen LogP contribution in [-0.2, 0) is 0 Å². The first-order valence-corrected chi connectivity index (χ1v) is 8.16. The summed E-state index contributed by atoms with van der Waals surface area (Å²) in [4.78, 5) is 25.4. The van der Waals surface area contributed by atoms with Crippen LogP contribution < -0.4 is 9.47 Å². The van der Waals surface area contributed by atoms with E-state index >= 15 is 0 Å². The van der Waals surface area contributed by atoms with E-state index in [1.807, 2.05) is 18.2 Å². The fourth-order valence-electron chi connectivity index (χ4n) is 3.33. The van der Waals surface area contributed by atoms with Crippen LogP contribution >= 0.6 is 0 Å². The standard InChI is InChI=1S/C18H17NO6/c20-17(16-9-12(10-25-16)18(21)22)19-5-1-2-13(19)11-3-4-14-15(8-11)24-7-6-23-14/h3-4,8-10,13H,1-2,5-7H2,(H,21,22)/t13-/m1/s1. The lowest BCUT2D eigenvalue weighted by Crippen LogP contribution is -2.30. The molecule has 1 fully saturated rings. The van der Waals surface area contributed by atoms with Crippen LogP contribution in [0.15, 0.2) is 34.9 Å². The number of benzene rings is 1. The molecule has 1 amide bonds. The van der Waals surface area contributed by atoms with E-state index in [2.05, 4.69) is 0 Å². The van der Waals surface area contributed by atoms with Crippen LogP contribution in [0.1, 0.15) is 45.4 Å². The second kappa shape index (κ2) is 6.16. The van der Waals surface area contributed by atoms with Crippen LogP contribution in [0, 0.1) is 0 Å². The van der Waals surface area contributed by atoms with Gasteiger partial charge >= 0.3 is 5.97 Å². The highest BCUT2D eigenvalue weighted by molar-refractivity contribution is 5.95. The monoisotopic (exact) mass is 343 g/mol. The molecule has 0 saturated carbocycles. The lowest BCUT2D eigenvalue weighted by molar-refractivity contribution is 0.0690. The Morgan fingerprint density at radius 1 is 1.12 bits per heavy atom. The number of furan rings is 1. The van der Waals surface area contributed by atoms with Gasteiger partial charge in [0.25, 0.3) is 5.91 Å². The third kappa shape index (κ3) is 2.82. The lowest BCUT2D eigenvalue weighted by atomic mass is 10.0. The quantitative estimate of drug-likeness (QED) is 0.922. The SMILES string of the molecule is O=C(O)c1coc(C(=O)N2CCC[C@@H]2c2ccc3c(c2)OCCO3)c1. The van der Waals surface area contributed by atoms with E-state index < -0.39 is 5.97 Å². The minimum Gasteiger partial charge on any atom is -0.486 e. The highest BCUT2D eigenvalue weighted by atomic mass is 16.6. The summed E-state index contributed by atoms with van der Waals surface area (Å²) in [6.07, 6.45) is 2.79. The zero-order chi connectivity index (χ0) is 17.4. The summed E-state index contributed by atoms with van der Waals surface area (Å²) in [5.41, 5.74) is 0.943. The van der Waals surface area contributed by atoms with Crippen LogP contribution in [0.25, 0.3) is 0 Å². The average Bonchev–Trinajstić information content (AvgIpc) is 3.30. The van der Waals surface area contributed by atoms with Crippen molar-refractivity contribution in [3.8, 4) is 11.5 Å². The molecule has 1 saturated heterocycles. The van der Waals surface area contributed by atoms with Crippen LogP contribution in [-0.4, -0.2) is 41.6 Å². The predicted octanol–water partition coefficient (Wildman–Crippen LogP) is 2.73. The first-order valence-electron chi connectivity index (χ1n) is 8.16. The molecule has 25 heavy (non-hydrogen) atoms. The van der Waals surface area contributed by atoms with Gasteiger partial charge in [0.2, 0.25) is 0 Å². The topological polar surface area (TPSA) is 89.2 Å². The van der Waals surface area contributed by atoms with Gasteiger partial charge in [-0.1, -0.05) is 6.07 Å². The van der Waals surface area contributed by atoms with Gasteiger partial charge in [-0.05, 0) is 30.5 Å². The van der Waals surface area contributed by atoms with Crippen molar-refractivity contribution in [3.63, 3.8) is 0 Å². The zero-order valence-corrected chi connectivity index (χ0v) is 13.4. The van der Waals surface area contributed by atoms with Crippen LogP contribution in [0.2, 0.25) is 0 Å². The Bertz CT molecular complexity index is 827. The molecule has 2 aromatic rings. The zero-order valence-electron chi connectivity index (χ0n) is 13.4. The maximum atomic E-state index is 12.7. The van der Waals surface area contributed by atoms with Crippen molar-refractivity contribution in [2.24, 2.45) is 0 Å². The summed E-state index contributed by atoms with van der Waals surface area (Å²) in [6.45, 7) is 1.64. The Hall–Kier alpha value is -2.96. The van der Waals surface area contributed by atoms with Gasteiger partial charge in [0.05, 0.1) is 11.6 Å². The number of ether oxygens (including phenoxy) is 2. The van der Waals surface area contributed by atoms with Gasteiger partial charge in [0, 0.05) is 12.6 Å². The molecular weight excluding hydrogens is 326 g/mol. The molecule has 0 aliphatic carbocycles. The molecule has 1 atom stereocenters. The number of carboxylic acids is 1. The van der Waals surface area contributed by atoms with Gasteiger partial charge in [-0.25, -0.2) is 4.79 Å². The van der Waals surface area contributed by atoms with E-state index in [0.29, 0.717) is 31.3 Å². The van der Waals surface area contributed by atoms with Crippen molar-refractivity contribution in [1.29, 1.82) is 0 Å². The molecule has 0 unspecified atom stereocenters. The van der Waals surface area contributed by atoms with Crippen LogP contribution in [0.4, 0.5) is 0 Å². The van der Waals surface area contributed by atoms with E-state index in [-0.39, 0.29) is 23.3 Å². The second-order valence-electron chi connectivity index (χ2n) is 6.06. The first-order chi connectivity index (χ1) is 12.1. The van der Waals surface area contributed by atoms with Crippen molar-refractivity contribution in [3.05, 3.63) is 47.4 Å². The summed E-state index contributed by atoms with van der Waals surface area (Å²) >= 11 is 0. The summed E-state index contributed by atoms with van der Waals surface area (Å²) in [7, 11) is 0. The number of hydrogen-bond acceptors (Lipinski definition) is 5. The Labute approximate surface area is 143 Å². The summed E-state index contributed by atoms with van der Waals surface area (Å²) < 4.78 is 16.3. The number of aromatic carboxylic acids is 1. The number of nitrogens with zero attached hydrogens (tertiary/aromatic N) is 1. The van der Waals surface area contributed by atoms with Gasteiger partial charge < -0.3 is 23.9 Å². The van der Waals surface area contributed by atoms with Crippen molar-refractivity contribution >= 4 is 11.9 Å². The minimum absolute atomic E-state index is 0.0292. The molecule has 2 aliphatic heterocycles. The third-order valence-electron chi connectivity index (χ3n) is 4.52. The van der Waals surface area contributed by atoms with E-state index in [0.717, 1.165) is 24.7 Å². The molecule has 0 spiro atoms. The number of carboxylic acid groups (broad SMARTS) is 1. The normalized spacial score (nSPS) is 19.0. The van der Waals surface area contributed by atoms with Crippen molar-refractivity contribution in [2.45, 2.75) is 18.9 Å². The Morgan fingerprint density at radius 2 is 1.92 bits per heavy atom. The lowest BCUT2D eigenvalue weighted by Gasteiger charge is -2.26. The predicted molar refractivity (Wildman–Crippen MR) is 86.1 cm³/mol. The summed E-state index contributed by atoms with van der Waals surface area (Å²) in [5, 5.41) is 8.98. The number of rotatable bonds is 3. The molecule has 1 aromatic heterocycles. The maximum Gasteiger partial charge on any atom is 0.338 e. The molecular formula is C18H17NO6. The molecule has 7 heteroatoms. The molecule has 0 radical (unpaired) electrons. The molecule has 2 aliphatic rings. The molecule has 0 bridgehead atoms. The maximum absolute atomic E-state index is 12.7. The average molecular weight is 343 g/mol. The van der Waals surface area contributed by atoms with Crippen molar-refractivity contribution < 1.29 is 28.6 Å². The Balaban J connectivity index is 1.59. The largest absolute Gasteiger partial charge is 0.486 e. The number of carbonyl (C=O) groups is 2. The molecule has 3 heterocycles. The number of amides is 1. The van der Waals surface area contributed by atoms with E-state index in [9.17, 15) is 9.59 Å². The van der Waals surface area contributed by atoms with E-state index in [1.165, 1.54) is 6.07 Å². The third-order valence-corrected chi connectivity index (χ3v) is 4.52. The Morgan fingerprint density at radius 3 is 2.68 bits per heavy atom. The van der Waals surface area contributed by atoms with E-state index in [1.54, 1.807) is 4.90 Å². The summed E-state index contributed by atoms with van der Waals surface area (Å²) in [6, 6.07) is 6.88.